The Balaban J connectivity index is 2.69. The number of rotatable bonds is 2. The third kappa shape index (κ3) is 1.88. The van der Waals surface area contributed by atoms with Crippen LogP contribution in [0.25, 0.3) is 11.1 Å². The van der Waals surface area contributed by atoms with Gasteiger partial charge in [0.15, 0.2) is 0 Å². The zero-order valence-corrected chi connectivity index (χ0v) is 11.2. The maximum absolute atomic E-state index is 14.1. The van der Waals surface area contributed by atoms with E-state index >= 15 is 0 Å². The lowest BCUT2D eigenvalue weighted by Crippen LogP contribution is -1.99. The van der Waals surface area contributed by atoms with E-state index in [9.17, 15) is 4.39 Å². The molecule has 0 amide bonds. The molecule has 0 unspecified atom stereocenters. The van der Waals surface area contributed by atoms with Gasteiger partial charge in [-0.05, 0) is 45.4 Å². The minimum atomic E-state index is -0.247. The summed E-state index contributed by atoms with van der Waals surface area (Å²) >= 11 is 0. The SMILES string of the molecule is CCn1nc(C)c(-c2cc(N)c(C)cc2F)c1C. The van der Waals surface area contributed by atoms with Gasteiger partial charge in [0, 0.05) is 29.1 Å². The first-order chi connectivity index (χ1) is 8.45. The molecule has 0 aliphatic heterocycles. The predicted octanol–water partition coefficient (Wildman–Crippen LogP) is 3.22. The van der Waals surface area contributed by atoms with Crippen molar-refractivity contribution in [2.24, 2.45) is 0 Å². The Morgan fingerprint density at radius 1 is 1.28 bits per heavy atom. The summed E-state index contributed by atoms with van der Waals surface area (Å²) in [5.41, 5.74) is 10.4. The molecular weight excluding hydrogens is 229 g/mol. The molecule has 0 saturated carbocycles. The Morgan fingerprint density at radius 2 is 1.94 bits per heavy atom. The minimum Gasteiger partial charge on any atom is -0.398 e. The molecule has 0 fully saturated rings. The molecule has 1 aromatic heterocycles. The highest BCUT2D eigenvalue weighted by atomic mass is 19.1. The maximum Gasteiger partial charge on any atom is 0.131 e. The standard InChI is InChI=1S/C14H18FN3/c1-5-18-10(4)14(9(3)17-18)11-7-13(16)8(2)6-12(11)15/h6-7H,5,16H2,1-4H3. The van der Waals surface area contributed by atoms with Crippen LogP contribution in [0.3, 0.4) is 0 Å². The van der Waals surface area contributed by atoms with Gasteiger partial charge in [0.1, 0.15) is 5.82 Å². The third-order valence-corrected chi connectivity index (χ3v) is 3.31. The quantitative estimate of drug-likeness (QED) is 0.828. The van der Waals surface area contributed by atoms with Gasteiger partial charge in [0.25, 0.3) is 0 Å². The van der Waals surface area contributed by atoms with Crippen LogP contribution in [0, 0.1) is 26.6 Å². The predicted molar refractivity (Wildman–Crippen MR) is 71.9 cm³/mol. The van der Waals surface area contributed by atoms with Gasteiger partial charge >= 0.3 is 0 Å². The molecule has 3 nitrogen and oxygen atoms in total. The van der Waals surface area contributed by atoms with Crippen molar-refractivity contribution in [1.82, 2.24) is 9.78 Å². The van der Waals surface area contributed by atoms with Gasteiger partial charge < -0.3 is 5.73 Å². The van der Waals surface area contributed by atoms with Crippen LogP contribution < -0.4 is 5.73 Å². The fraction of sp³-hybridized carbons (Fsp3) is 0.357. The van der Waals surface area contributed by atoms with E-state index in [2.05, 4.69) is 5.10 Å². The van der Waals surface area contributed by atoms with E-state index in [-0.39, 0.29) is 5.82 Å². The van der Waals surface area contributed by atoms with E-state index in [1.54, 1.807) is 13.0 Å². The first kappa shape index (κ1) is 12.6. The lowest BCUT2D eigenvalue weighted by Gasteiger charge is -2.08. The molecule has 18 heavy (non-hydrogen) atoms. The molecule has 0 aliphatic rings. The first-order valence-electron chi connectivity index (χ1n) is 6.05. The van der Waals surface area contributed by atoms with Crippen molar-refractivity contribution in [3.05, 3.63) is 34.9 Å². The topological polar surface area (TPSA) is 43.8 Å². The Hall–Kier alpha value is -1.84. The number of hydrogen-bond acceptors (Lipinski definition) is 2. The summed E-state index contributed by atoms with van der Waals surface area (Å²) in [5, 5.41) is 4.41. The zero-order chi connectivity index (χ0) is 13.4. The molecule has 4 heteroatoms. The van der Waals surface area contributed by atoms with Crippen molar-refractivity contribution in [1.29, 1.82) is 0 Å². The van der Waals surface area contributed by atoms with E-state index in [1.165, 1.54) is 6.07 Å². The largest absolute Gasteiger partial charge is 0.398 e. The highest BCUT2D eigenvalue weighted by Gasteiger charge is 2.17. The van der Waals surface area contributed by atoms with Crippen LogP contribution in [0.2, 0.25) is 0 Å². The highest BCUT2D eigenvalue weighted by Crippen LogP contribution is 2.31. The number of nitrogens with two attached hydrogens (primary N) is 1. The van der Waals surface area contributed by atoms with E-state index in [4.69, 9.17) is 5.73 Å². The van der Waals surface area contributed by atoms with Gasteiger partial charge in [-0.3, -0.25) is 4.68 Å². The van der Waals surface area contributed by atoms with Crippen molar-refractivity contribution >= 4 is 5.69 Å². The summed E-state index contributed by atoms with van der Waals surface area (Å²) in [4.78, 5) is 0. The Bertz CT molecular complexity index is 600. The summed E-state index contributed by atoms with van der Waals surface area (Å²) in [5.74, 6) is -0.247. The van der Waals surface area contributed by atoms with Crippen molar-refractivity contribution in [2.75, 3.05) is 5.73 Å². The number of hydrogen-bond donors (Lipinski definition) is 1. The highest BCUT2D eigenvalue weighted by molar-refractivity contribution is 5.73. The van der Waals surface area contributed by atoms with E-state index < -0.39 is 0 Å². The molecule has 96 valence electrons. The van der Waals surface area contributed by atoms with Gasteiger partial charge in [-0.1, -0.05) is 0 Å². The van der Waals surface area contributed by atoms with Crippen molar-refractivity contribution < 1.29 is 4.39 Å². The van der Waals surface area contributed by atoms with Gasteiger partial charge in [0.2, 0.25) is 0 Å². The number of nitrogens with zero attached hydrogens (tertiary/aromatic N) is 2. The molecule has 0 atom stereocenters. The normalized spacial score (nSPS) is 10.9. The lowest BCUT2D eigenvalue weighted by atomic mass is 10.0. The van der Waals surface area contributed by atoms with E-state index in [0.29, 0.717) is 11.3 Å². The summed E-state index contributed by atoms with van der Waals surface area (Å²) in [6, 6.07) is 3.18. The molecule has 0 radical (unpaired) electrons. The maximum atomic E-state index is 14.1. The average molecular weight is 247 g/mol. The van der Waals surface area contributed by atoms with Crippen molar-refractivity contribution in [3.63, 3.8) is 0 Å². The molecule has 2 rings (SSSR count). The minimum absolute atomic E-state index is 0.247. The Labute approximate surface area is 106 Å². The van der Waals surface area contributed by atoms with Crippen LogP contribution in [0.15, 0.2) is 12.1 Å². The third-order valence-electron chi connectivity index (χ3n) is 3.31. The number of benzene rings is 1. The van der Waals surface area contributed by atoms with Crippen LogP contribution in [0.4, 0.5) is 10.1 Å². The van der Waals surface area contributed by atoms with Crippen LogP contribution in [0.5, 0.6) is 0 Å². The fourth-order valence-electron chi connectivity index (χ4n) is 2.28. The summed E-state index contributed by atoms with van der Waals surface area (Å²) < 4.78 is 16.0. The van der Waals surface area contributed by atoms with Gasteiger partial charge in [-0.25, -0.2) is 4.39 Å². The Kier molecular flexibility index (Phi) is 3.11. The average Bonchev–Trinajstić information content (AvgIpc) is 2.59. The number of halogens is 1. The van der Waals surface area contributed by atoms with Crippen LogP contribution in [0.1, 0.15) is 23.9 Å². The molecule has 1 heterocycles. The number of nitrogen functional groups attached to an aromatic ring is 1. The van der Waals surface area contributed by atoms with Crippen LogP contribution >= 0.6 is 0 Å². The molecule has 0 aliphatic carbocycles. The summed E-state index contributed by atoms with van der Waals surface area (Å²) in [7, 11) is 0. The molecular formula is C14H18FN3. The van der Waals surface area contributed by atoms with Crippen LogP contribution in [-0.4, -0.2) is 9.78 Å². The molecule has 0 spiro atoms. The number of aromatic nitrogens is 2. The zero-order valence-electron chi connectivity index (χ0n) is 11.2. The molecule has 2 aromatic rings. The summed E-state index contributed by atoms with van der Waals surface area (Å²) in [6.45, 7) is 8.44. The smallest absolute Gasteiger partial charge is 0.131 e. The van der Waals surface area contributed by atoms with E-state index in [1.807, 2.05) is 25.5 Å². The summed E-state index contributed by atoms with van der Waals surface area (Å²) in [6.07, 6.45) is 0. The van der Waals surface area contributed by atoms with Gasteiger partial charge in [0.05, 0.1) is 5.69 Å². The Morgan fingerprint density at radius 3 is 2.50 bits per heavy atom. The van der Waals surface area contributed by atoms with Crippen LogP contribution in [-0.2, 0) is 6.54 Å². The molecule has 1 aromatic carbocycles. The number of anilines is 1. The monoisotopic (exact) mass is 247 g/mol. The van der Waals surface area contributed by atoms with E-state index in [0.717, 1.165) is 29.1 Å². The second-order valence-electron chi connectivity index (χ2n) is 4.55. The van der Waals surface area contributed by atoms with Crippen molar-refractivity contribution in [2.45, 2.75) is 34.2 Å². The molecule has 2 N–H and O–H groups in total. The van der Waals surface area contributed by atoms with Gasteiger partial charge in [-0.15, -0.1) is 0 Å². The van der Waals surface area contributed by atoms with Crippen molar-refractivity contribution in [3.8, 4) is 11.1 Å². The first-order valence-corrected chi connectivity index (χ1v) is 6.05. The lowest BCUT2D eigenvalue weighted by molar-refractivity contribution is 0.628. The number of aryl methyl sites for hydroxylation is 3. The van der Waals surface area contributed by atoms with Gasteiger partial charge in [-0.2, -0.15) is 5.10 Å². The molecule has 0 bridgehead atoms. The second-order valence-corrected chi connectivity index (χ2v) is 4.55. The molecule has 0 saturated heterocycles. The fourth-order valence-corrected chi connectivity index (χ4v) is 2.28. The second kappa shape index (κ2) is 4.44.